The van der Waals surface area contributed by atoms with Crippen LogP contribution in [0.25, 0.3) is 10.8 Å². The Morgan fingerprint density at radius 2 is 1.91 bits per heavy atom. The molecule has 15 nitrogen and oxygen atoms in total. The summed E-state index contributed by atoms with van der Waals surface area (Å²) in [5.74, 6) is -3.34. The van der Waals surface area contributed by atoms with Crippen molar-refractivity contribution in [2.45, 2.75) is 101 Å². The molecular weight excluding hydrogens is 758 g/mol. The molecular formula is C40H50FN7O8S. The number of rotatable bonds is 9. The summed E-state index contributed by atoms with van der Waals surface area (Å²) in [6.07, 6.45) is 9.51. The quantitative estimate of drug-likeness (QED) is 0.270. The van der Waals surface area contributed by atoms with E-state index < -0.39 is 73.9 Å². The monoisotopic (exact) mass is 807 g/mol. The van der Waals surface area contributed by atoms with E-state index in [2.05, 4.69) is 32.4 Å². The predicted octanol–water partition coefficient (Wildman–Crippen LogP) is 3.54. The zero-order valence-electron chi connectivity index (χ0n) is 32.8. The summed E-state index contributed by atoms with van der Waals surface area (Å²) in [6.45, 7) is 5.49. The van der Waals surface area contributed by atoms with Crippen LogP contribution < -0.4 is 24.8 Å². The van der Waals surface area contributed by atoms with Gasteiger partial charge in [-0.3, -0.25) is 28.6 Å². The van der Waals surface area contributed by atoms with Crippen LogP contribution in [0.1, 0.15) is 82.6 Å². The molecule has 0 bridgehead atoms. The summed E-state index contributed by atoms with van der Waals surface area (Å²) in [7, 11) is -0.884. The molecule has 3 aromatic rings. The van der Waals surface area contributed by atoms with Gasteiger partial charge < -0.3 is 25.0 Å². The maximum atomic E-state index is 15.0. The van der Waals surface area contributed by atoms with Crippen molar-refractivity contribution < 1.29 is 41.5 Å². The second-order valence-electron chi connectivity index (χ2n) is 16.3. The molecule has 3 fully saturated rings. The van der Waals surface area contributed by atoms with Crippen LogP contribution in [0.4, 0.5) is 4.39 Å². The lowest BCUT2D eigenvalue weighted by molar-refractivity contribution is -0.142. The molecule has 3 N–H and O–H groups in total. The normalized spacial score (nSPS) is 28.6. The molecule has 17 heteroatoms. The molecule has 0 spiro atoms. The van der Waals surface area contributed by atoms with Gasteiger partial charge >= 0.3 is 0 Å². The highest BCUT2D eigenvalue weighted by Gasteiger charge is 2.63. The molecule has 306 valence electrons. The van der Waals surface area contributed by atoms with Crippen molar-refractivity contribution in [3.05, 3.63) is 60.3 Å². The first-order chi connectivity index (χ1) is 27.1. The molecule has 7 atom stereocenters. The third-order valence-electron chi connectivity index (χ3n) is 12.1. The van der Waals surface area contributed by atoms with Crippen LogP contribution in [-0.2, 0) is 31.5 Å². The van der Waals surface area contributed by atoms with Crippen molar-refractivity contribution in [1.82, 2.24) is 35.0 Å². The number of pyridine rings is 1. The van der Waals surface area contributed by atoms with E-state index in [1.54, 1.807) is 32.3 Å². The van der Waals surface area contributed by atoms with Crippen LogP contribution in [0.15, 0.2) is 48.8 Å². The van der Waals surface area contributed by atoms with E-state index in [0.29, 0.717) is 48.6 Å². The first-order valence-corrected chi connectivity index (χ1v) is 21.0. The minimum atomic E-state index is -4.03. The van der Waals surface area contributed by atoms with Crippen molar-refractivity contribution in [3.8, 4) is 11.6 Å². The number of hydrogen-bond acceptors (Lipinski definition) is 10. The number of fused-ring (bicyclic) bond motifs is 3. The van der Waals surface area contributed by atoms with E-state index in [4.69, 9.17) is 9.47 Å². The van der Waals surface area contributed by atoms with E-state index >= 15 is 4.79 Å². The zero-order chi connectivity index (χ0) is 40.9. The average Bonchev–Trinajstić information content (AvgIpc) is 3.98. The van der Waals surface area contributed by atoms with Gasteiger partial charge in [0.15, 0.2) is 0 Å². The van der Waals surface area contributed by atoms with Crippen LogP contribution in [0.3, 0.4) is 0 Å². The Labute approximate surface area is 331 Å². The van der Waals surface area contributed by atoms with Crippen molar-refractivity contribution >= 4 is 44.4 Å². The van der Waals surface area contributed by atoms with E-state index in [-0.39, 0.29) is 42.8 Å². The fraction of sp³-hybridized carbons (Fsp3) is 0.550. The van der Waals surface area contributed by atoms with Gasteiger partial charge in [0.1, 0.15) is 41.0 Å². The van der Waals surface area contributed by atoms with Gasteiger partial charge in [0.2, 0.25) is 27.7 Å². The van der Waals surface area contributed by atoms with Crippen molar-refractivity contribution in [1.29, 1.82) is 0 Å². The van der Waals surface area contributed by atoms with Crippen LogP contribution in [0.2, 0.25) is 0 Å². The molecule has 0 unspecified atom stereocenters. The number of sulfonamides is 1. The number of amides is 4. The second kappa shape index (κ2) is 15.4. The molecule has 2 aliphatic carbocycles. The summed E-state index contributed by atoms with van der Waals surface area (Å²) in [4.78, 5) is 63.0. The molecule has 4 amide bonds. The lowest BCUT2D eigenvalue weighted by Gasteiger charge is -2.34. The van der Waals surface area contributed by atoms with Crippen molar-refractivity contribution in [3.63, 3.8) is 0 Å². The summed E-state index contributed by atoms with van der Waals surface area (Å²) >= 11 is 0. The molecule has 4 aliphatic rings. The SMILES string of the molecule is CC[C@@H]1C[C@H](C)CCC=C[C@@H]2C[C@@]2(C(=O)NS(=O)(=O)C2(C)CC2)NC(=O)[C@@H]2C[C@@H](Oc3ncc(OC)c4ccc(F)cc34)CN2C(=O)[C@H]1NC(=O)c1ccn(C)n1. The van der Waals surface area contributed by atoms with Gasteiger partial charge in [0.25, 0.3) is 11.8 Å². The number of halogens is 1. The van der Waals surface area contributed by atoms with E-state index in [9.17, 15) is 27.2 Å². The van der Waals surface area contributed by atoms with Gasteiger partial charge in [-0.05, 0) is 81.5 Å². The van der Waals surface area contributed by atoms with Gasteiger partial charge in [-0.2, -0.15) is 5.10 Å². The summed E-state index contributed by atoms with van der Waals surface area (Å²) in [5.41, 5.74) is -1.45. The third kappa shape index (κ3) is 7.94. The molecule has 2 aliphatic heterocycles. The molecule has 1 aromatic carbocycles. The Kier molecular flexibility index (Phi) is 10.8. The number of aromatic nitrogens is 3. The fourth-order valence-electron chi connectivity index (χ4n) is 8.15. The third-order valence-corrected chi connectivity index (χ3v) is 14.3. The van der Waals surface area contributed by atoms with Gasteiger partial charge in [0.05, 0.1) is 30.0 Å². The number of methoxy groups -OCH3 is 1. The largest absolute Gasteiger partial charge is 0.494 e. The van der Waals surface area contributed by atoms with Crippen LogP contribution >= 0.6 is 0 Å². The Hall–Kier alpha value is -5.06. The summed E-state index contributed by atoms with van der Waals surface area (Å²) in [5, 5.41) is 10.9. The summed E-state index contributed by atoms with van der Waals surface area (Å²) < 4.78 is 55.5. The minimum Gasteiger partial charge on any atom is -0.494 e. The number of benzene rings is 1. The molecule has 2 aromatic heterocycles. The van der Waals surface area contributed by atoms with Crippen LogP contribution in [0.5, 0.6) is 11.6 Å². The highest BCUT2D eigenvalue weighted by atomic mass is 32.2. The number of ether oxygens (including phenoxy) is 2. The van der Waals surface area contributed by atoms with E-state index in [1.165, 1.54) is 35.0 Å². The topological polar surface area (TPSA) is 191 Å². The maximum Gasteiger partial charge on any atom is 0.272 e. The second-order valence-corrected chi connectivity index (χ2v) is 18.5. The van der Waals surface area contributed by atoms with Gasteiger partial charge in [-0.1, -0.05) is 32.4 Å². The molecule has 1 saturated heterocycles. The lowest BCUT2D eigenvalue weighted by atomic mass is 9.84. The number of carbonyl (C=O) groups excluding carboxylic acids is 4. The molecule has 0 radical (unpaired) electrons. The summed E-state index contributed by atoms with van der Waals surface area (Å²) in [6, 6.07) is 3.38. The van der Waals surface area contributed by atoms with Crippen LogP contribution in [0, 0.1) is 23.6 Å². The maximum absolute atomic E-state index is 15.0. The van der Waals surface area contributed by atoms with Gasteiger partial charge in [0, 0.05) is 31.0 Å². The number of nitrogens with one attached hydrogen (secondary N) is 3. The standard InChI is InChI=1S/C40H50FN7O8S/c1-6-24-17-23(2)9-7-8-10-25-20-40(25,38(52)46-57(53,54)39(3)14-15-39)44-35(50)31-19-27(56-36-29-18-26(41)11-12-28(29)32(55-5)21-42-36)22-48(31)37(51)33(24)43-34(49)30-13-16-47(4)45-30/h8,10-13,16,18,21,23-25,27,31,33H,6-7,9,14-15,17,19-20,22H2,1-5H3,(H,43,49)(H,44,50)(H,46,52)/t23-,24-,25-,27-,31+,33+,40-/m1/s1. The lowest BCUT2D eigenvalue weighted by Crippen LogP contribution is -2.59. The first-order valence-electron chi connectivity index (χ1n) is 19.5. The Balaban J connectivity index is 1.26. The number of nitrogens with zero attached hydrogens (tertiary/aromatic N) is 4. The first kappa shape index (κ1) is 40.1. The predicted molar refractivity (Wildman–Crippen MR) is 207 cm³/mol. The van der Waals surface area contributed by atoms with E-state index in [1.807, 2.05) is 19.1 Å². The minimum absolute atomic E-state index is 0.0508. The average molecular weight is 808 g/mol. The zero-order valence-corrected chi connectivity index (χ0v) is 33.6. The van der Waals surface area contributed by atoms with Crippen LogP contribution in [-0.4, -0.2) is 93.8 Å². The smallest absolute Gasteiger partial charge is 0.272 e. The number of allylic oxidation sites excluding steroid dienone is 1. The highest BCUT2D eigenvalue weighted by Crippen LogP contribution is 2.48. The van der Waals surface area contributed by atoms with Crippen molar-refractivity contribution in [2.75, 3.05) is 13.7 Å². The Morgan fingerprint density at radius 3 is 2.60 bits per heavy atom. The molecule has 2 saturated carbocycles. The number of aryl methyl sites for hydroxylation is 1. The molecule has 4 heterocycles. The number of hydrogen-bond donors (Lipinski definition) is 3. The molecule has 57 heavy (non-hydrogen) atoms. The Bertz CT molecular complexity index is 2220. The fourth-order valence-corrected chi connectivity index (χ4v) is 9.46. The Morgan fingerprint density at radius 1 is 1.14 bits per heavy atom. The van der Waals surface area contributed by atoms with E-state index in [0.717, 1.165) is 6.42 Å². The van der Waals surface area contributed by atoms with Gasteiger partial charge in [-0.15, -0.1) is 0 Å². The van der Waals surface area contributed by atoms with Gasteiger partial charge in [-0.25, -0.2) is 17.8 Å². The highest BCUT2D eigenvalue weighted by molar-refractivity contribution is 7.91. The number of carbonyl (C=O) groups is 4. The van der Waals surface area contributed by atoms with Crippen molar-refractivity contribution in [2.24, 2.45) is 24.8 Å². The molecule has 7 rings (SSSR count).